The average Bonchev–Trinajstić information content (AvgIpc) is 3.45. The predicted octanol–water partition coefficient (Wildman–Crippen LogP) is 5.35. The van der Waals surface area contributed by atoms with E-state index in [0.717, 1.165) is 62.4 Å². The molecule has 0 spiro atoms. The minimum absolute atomic E-state index is 0.00214. The number of amidine groups is 1. The molecule has 176 valence electrons. The first-order chi connectivity index (χ1) is 15.9. The van der Waals surface area contributed by atoms with Crippen LogP contribution in [-0.2, 0) is 9.53 Å². The first-order valence-electron chi connectivity index (χ1n) is 12.3. The third-order valence-electron chi connectivity index (χ3n) is 7.69. The lowest BCUT2D eigenvalue weighted by atomic mass is 9.84. The summed E-state index contributed by atoms with van der Waals surface area (Å²) in [7, 11) is 0. The summed E-state index contributed by atoms with van der Waals surface area (Å²) in [5.41, 5.74) is 7.50. The minimum atomic E-state index is -0.193. The highest BCUT2D eigenvalue weighted by atomic mass is 16.5. The summed E-state index contributed by atoms with van der Waals surface area (Å²) in [5, 5.41) is 3.47. The van der Waals surface area contributed by atoms with E-state index in [-0.39, 0.29) is 17.6 Å². The van der Waals surface area contributed by atoms with Crippen LogP contribution in [0, 0.1) is 5.92 Å². The number of amides is 1. The molecule has 5 nitrogen and oxygen atoms in total. The van der Waals surface area contributed by atoms with Gasteiger partial charge in [0.05, 0.1) is 23.5 Å². The summed E-state index contributed by atoms with van der Waals surface area (Å²) in [5.74, 6) is 1.56. The molecule has 0 bridgehead atoms. The fraction of sp³-hybridized carbons (Fsp3) is 0.536. The van der Waals surface area contributed by atoms with Crippen molar-refractivity contribution in [3.63, 3.8) is 0 Å². The van der Waals surface area contributed by atoms with E-state index in [1.54, 1.807) is 6.20 Å². The van der Waals surface area contributed by atoms with E-state index in [1.807, 2.05) is 4.90 Å². The standard InChI is InChI=1S/C28H37N3O2/c1-20(12-13-21(2)28(4)22(3)15-18-33-28)24-14-16-29-27(30-24)25-11-8-17-31(25)26(32)19-23-9-6-5-7-10-23/h5-6,9,12-13,16,22,25H,7-8,10-11,15,17-19H2,1-4H3,(H,29,30)/b20-12+,21-13+/t22?,25-,28?/m0/s1. The van der Waals surface area contributed by atoms with E-state index in [4.69, 9.17) is 4.74 Å². The number of likely N-dealkylation sites (tertiary alicyclic amines) is 1. The van der Waals surface area contributed by atoms with Crippen LogP contribution in [0.15, 0.2) is 69.7 Å². The van der Waals surface area contributed by atoms with Crippen molar-refractivity contribution >= 4 is 11.7 Å². The van der Waals surface area contributed by atoms with Crippen LogP contribution in [0.25, 0.3) is 0 Å². The summed E-state index contributed by atoms with van der Waals surface area (Å²) in [6, 6.07) is 0.00214. The van der Waals surface area contributed by atoms with Gasteiger partial charge in [-0.2, -0.15) is 0 Å². The Morgan fingerprint density at radius 1 is 1.36 bits per heavy atom. The second-order valence-corrected chi connectivity index (χ2v) is 9.85. The number of ether oxygens (including phenoxy) is 1. The molecule has 4 aliphatic rings. The van der Waals surface area contributed by atoms with E-state index >= 15 is 0 Å². The molecule has 0 aromatic carbocycles. The maximum atomic E-state index is 13.1. The Bertz CT molecular complexity index is 1010. The monoisotopic (exact) mass is 447 g/mol. The van der Waals surface area contributed by atoms with E-state index in [1.165, 1.54) is 11.1 Å². The third-order valence-corrected chi connectivity index (χ3v) is 7.69. The fourth-order valence-electron chi connectivity index (χ4n) is 5.06. The maximum Gasteiger partial charge on any atom is 0.227 e. The topological polar surface area (TPSA) is 53.9 Å². The van der Waals surface area contributed by atoms with E-state index in [9.17, 15) is 4.79 Å². The molecule has 0 aromatic heterocycles. The van der Waals surface area contributed by atoms with Crippen molar-refractivity contribution in [2.45, 2.75) is 77.9 Å². The molecule has 33 heavy (non-hydrogen) atoms. The molecule has 1 aliphatic carbocycles. The van der Waals surface area contributed by atoms with E-state index < -0.39 is 0 Å². The Labute approximate surface area is 198 Å². The van der Waals surface area contributed by atoms with Crippen LogP contribution in [0.5, 0.6) is 0 Å². The smallest absolute Gasteiger partial charge is 0.227 e. The Balaban J connectivity index is 1.42. The molecule has 0 aromatic rings. The minimum Gasteiger partial charge on any atom is -0.371 e. The van der Waals surface area contributed by atoms with Crippen molar-refractivity contribution in [3.05, 3.63) is 64.7 Å². The highest BCUT2D eigenvalue weighted by Gasteiger charge is 2.38. The first kappa shape index (κ1) is 23.5. The van der Waals surface area contributed by atoms with Gasteiger partial charge in [-0.05, 0) is 69.9 Å². The van der Waals surface area contributed by atoms with Crippen molar-refractivity contribution in [2.75, 3.05) is 13.2 Å². The fourth-order valence-corrected chi connectivity index (χ4v) is 5.06. The van der Waals surface area contributed by atoms with Gasteiger partial charge in [0, 0.05) is 19.6 Å². The summed E-state index contributed by atoms with van der Waals surface area (Å²) in [6.07, 6.45) is 17.9. The number of aliphatic imine (C=N–C) groups is 1. The number of nitrogens with one attached hydrogen (secondary N) is 1. The van der Waals surface area contributed by atoms with Crippen LogP contribution < -0.4 is 5.32 Å². The van der Waals surface area contributed by atoms with Gasteiger partial charge in [-0.3, -0.25) is 4.79 Å². The van der Waals surface area contributed by atoms with E-state index in [0.29, 0.717) is 12.3 Å². The van der Waals surface area contributed by atoms with Gasteiger partial charge >= 0.3 is 0 Å². The molecule has 5 heteroatoms. The highest BCUT2D eigenvalue weighted by molar-refractivity contribution is 5.94. The SMILES string of the molecule is C/C(=C\C=C(/C)C1(C)OCCC1C)C1=C=CN=C([C@@H]2CCCN2C(=O)CC2=CC=CCC2)N1. The maximum absolute atomic E-state index is 13.1. The Morgan fingerprint density at radius 2 is 2.21 bits per heavy atom. The number of nitrogens with zero attached hydrogens (tertiary/aromatic N) is 2. The van der Waals surface area contributed by atoms with Crippen LogP contribution in [-0.4, -0.2) is 41.4 Å². The first-order valence-corrected chi connectivity index (χ1v) is 12.3. The largest absolute Gasteiger partial charge is 0.371 e. The molecule has 0 saturated carbocycles. The zero-order valence-electron chi connectivity index (χ0n) is 20.5. The van der Waals surface area contributed by atoms with Crippen LogP contribution >= 0.6 is 0 Å². The van der Waals surface area contributed by atoms with Crippen molar-refractivity contribution < 1.29 is 9.53 Å². The molecule has 1 amide bonds. The molecule has 1 N–H and O–H groups in total. The lowest BCUT2D eigenvalue weighted by Gasteiger charge is -2.29. The average molecular weight is 448 g/mol. The summed E-state index contributed by atoms with van der Waals surface area (Å²) < 4.78 is 6.06. The zero-order valence-corrected chi connectivity index (χ0v) is 20.5. The lowest BCUT2D eigenvalue weighted by Crippen LogP contribution is -2.46. The number of rotatable bonds is 6. The van der Waals surface area contributed by atoms with Gasteiger partial charge < -0.3 is 15.0 Å². The summed E-state index contributed by atoms with van der Waals surface area (Å²) >= 11 is 0. The Kier molecular flexibility index (Phi) is 7.21. The van der Waals surface area contributed by atoms with Crippen molar-refractivity contribution in [1.82, 2.24) is 10.2 Å². The molecule has 3 heterocycles. The molecule has 2 saturated heterocycles. The predicted molar refractivity (Wildman–Crippen MR) is 134 cm³/mol. The van der Waals surface area contributed by atoms with Gasteiger partial charge in [-0.1, -0.05) is 48.6 Å². The molecule has 2 unspecified atom stereocenters. The number of carbonyl (C=O) groups excluding carboxylic acids is 1. The molecular weight excluding hydrogens is 410 g/mol. The van der Waals surface area contributed by atoms with Crippen LogP contribution in [0.3, 0.4) is 0 Å². The summed E-state index contributed by atoms with van der Waals surface area (Å²) in [4.78, 5) is 19.6. The van der Waals surface area contributed by atoms with Gasteiger partial charge in [0.1, 0.15) is 5.84 Å². The summed E-state index contributed by atoms with van der Waals surface area (Å²) in [6.45, 7) is 10.3. The third kappa shape index (κ3) is 5.15. The second kappa shape index (κ2) is 10.1. The quantitative estimate of drug-likeness (QED) is 0.441. The Hall–Kier alpha value is -2.62. The zero-order chi connectivity index (χ0) is 23.4. The van der Waals surface area contributed by atoms with Gasteiger partial charge in [-0.25, -0.2) is 4.99 Å². The molecule has 3 aliphatic heterocycles. The van der Waals surface area contributed by atoms with Crippen LogP contribution in [0.2, 0.25) is 0 Å². The van der Waals surface area contributed by atoms with Crippen LogP contribution in [0.4, 0.5) is 0 Å². The van der Waals surface area contributed by atoms with Gasteiger partial charge in [0.15, 0.2) is 0 Å². The molecule has 3 atom stereocenters. The number of carbonyl (C=O) groups is 1. The lowest BCUT2D eigenvalue weighted by molar-refractivity contribution is -0.130. The van der Waals surface area contributed by atoms with E-state index in [2.05, 4.69) is 74.1 Å². The molecular formula is C28H37N3O2. The molecule has 4 rings (SSSR count). The molecule has 2 fully saturated rings. The van der Waals surface area contributed by atoms with Gasteiger partial charge in [0.25, 0.3) is 0 Å². The van der Waals surface area contributed by atoms with Crippen molar-refractivity contribution in [1.29, 1.82) is 0 Å². The Morgan fingerprint density at radius 3 is 2.94 bits per heavy atom. The normalized spacial score (nSPS) is 30.2. The van der Waals surface area contributed by atoms with Crippen molar-refractivity contribution in [2.24, 2.45) is 10.9 Å². The number of hydrogen-bond acceptors (Lipinski definition) is 4. The second-order valence-electron chi connectivity index (χ2n) is 9.85. The van der Waals surface area contributed by atoms with Gasteiger partial charge in [0.2, 0.25) is 5.91 Å². The highest BCUT2D eigenvalue weighted by Crippen LogP contribution is 2.37. The number of hydrogen-bond donors (Lipinski definition) is 1. The van der Waals surface area contributed by atoms with Crippen molar-refractivity contribution in [3.8, 4) is 0 Å². The number of allylic oxidation sites excluding steroid dienone is 6. The molecule has 0 radical (unpaired) electrons. The van der Waals surface area contributed by atoms with Gasteiger partial charge in [-0.15, -0.1) is 0 Å². The van der Waals surface area contributed by atoms with Crippen LogP contribution in [0.1, 0.15) is 66.2 Å².